The second-order valence-electron chi connectivity index (χ2n) is 5.75. The summed E-state index contributed by atoms with van der Waals surface area (Å²) in [6, 6.07) is 13.6. The van der Waals surface area contributed by atoms with Gasteiger partial charge in [-0.25, -0.2) is 4.39 Å². The van der Waals surface area contributed by atoms with E-state index in [9.17, 15) is 19.1 Å². The topological polar surface area (TPSA) is 78.4 Å². The van der Waals surface area contributed by atoms with Gasteiger partial charge in [-0.3, -0.25) is 9.59 Å². The van der Waals surface area contributed by atoms with Gasteiger partial charge in [-0.15, -0.1) is 0 Å². The highest BCUT2D eigenvalue weighted by Crippen LogP contribution is 2.18. The number of nitrogens with one attached hydrogen (secondary N) is 2. The fraction of sp³-hybridized carbons (Fsp3) is 0.263. The van der Waals surface area contributed by atoms with Gasteiger partial charge in [-0.1, -0.05) is 30.3 Å². The molecule has 0 aromatic heterocycles. The molecule has 0 spiro atoms. The first-order valence-electron chi connectivity index (χ1n) is 8.02. The molecule has 0 saturated heterocycles. The molecule has 2 aromatic rings. The van der Waals surface area contributed by atoms with Gasteiger partial charge in [0.05, 0.1) is 0 Å². The van der Waals surface area contributed by atoms with E-state index in [0.29, 0.717) is 17.7 Å². The lowest BCUT2D eigenvalue weighted by atomic mass is 9.96. The first-order valence-corrected chi connectivity index (χ1v) is 8.02. The van der Waals surface area contributed by atoms with Crippen molar-refractivity contribution < 1.29 is 19.1 Å². The van der Waals surface area contributed by atoms with Gasteiger partial charge in [0.1, 0.15) is 5.82 Å². The molecule has 2 rings (SSSR count). The lowest BCUT2D eigenvalue weighted by molar-refractivity contribution is -0.136. The number of carbonyl (C=O) groups is 2. The predicted octanol–water partition coefficient (Wildman–Crippen LogP) is 2.36. The van der Waals surface area contributed by atoms with Crippen molar-refractivity contribution in [1.82, 2.24) is 5.32 Å². The molecule has 0 heterocycles. The van der Waals surface area contributed by atoms with Crippen molar-refractivity contribution in [2.75, 3.05) is 18.5 Å². The van der Waals surface area contributed by atoms with Crippen molar-refractivity contribution in [1.29, 1.82) is 0 Å². The van der Waals surface area contributed by atoms with Gasteiger partial charge in [0.25, 0.3) is 0 Å². The number of aliphatic hydroxyl groups is 1. The van der Waals surface area contributed by atoms with Gasteiger partial charge < -0.3 is 15.7 Å². The van der Waals surface area contributed by atoms with E-state index in [4.69, 9.17) is 0 Å². The molecule has 25 heavy (non-hydrogen) atoms. The van der Waals surface area contributed by atoms with Crippen LogP contribution < -0.4 is 10.6 Å². The third-order valence-electron chi connectivity index (χ3n) is 3.88. The molecule has 132 valence electrons. The standard InChI is InChI=1S/C19H21FN2O3/c1-13-11-16(7-8-17(13)20)22-19(25)18(24)21-12-15(9-10-23)14-5-3-2-4-6-14/h2-8,11,15,23H,9-10,12H2,1H3,(H,21,24)(H,22,25). The van der Waals surface area contributed by atoms with E-state index in [-0.39, 0.29) is 24.9 Å². The third kappa shape index (κ3) is 5.39. The number of anilines is 1. The quantitative estimate of drug-likeness (QED) is 0.704. The summed E-state index contributed by atoms with van der Waals surface area (Å²) in [5, 5.41) is 14.2. The van der Waals surface area contributed by atoms with Crippen LogP contribution in [0.4, 0.5) is 10.1 Å². The Kier molecular flexibility index (Phi) is 6.65. The number of rotatable bonds is 6. The summed E-state index contributed by atoms with van der Waals surface area (Å²) in [6.45, 7) is 1.79. The zero-order chi connectivity index (χ0) is 18.2. The first kappa shape index (κ1) is 18.6. The van der Waals surface area contributed by atoms with Crippen LogP contribution in [0.3, 0.4) is 0 Å². The van der Waals surface area contributed by atoms with Crippen LogP contribution >= 0.6 is 0 Å². The number of aliphatic hydroxyl groups excluding tert-OH is 1. The molecular weight excluding hydrogens is 323 g/mol. The Labute approximate surface area is 145 Å². The maximum absolute atomic E-state index is 13.2. The van der Waals surface area contributed by atoms with E-state index >= 15 is 0 Å². The number of aryl methyl sites for hydroxylation is 1. The smallest absolute Gasteiger partial charge is 0.313 e. The highest BCUT2D eigenvalue weighted by Gasteiger charge is 2.17. The van der Waals surface area contributed by atoms with Crippen molar-refractivity contribution in [3.63, 3.8) is 0 Å². The lowest BCUT2D eigenvalue weighted by Crippen LogP contribution is -2.37. The van der Waals surface area contributed by atoms with Gasteiger partial charge in [-0.05, 0) is 42.7 Å². The zero-order valence-electron chi connectivity index (χ0n) is 14.0. The molecule has 2 amide bonds. The van der Waals surface area contributed by atoms with E-state index < -0.39 is 11.8 Å². The third-order valence-corrected chi connectivity index (χ3v) is 3.88. The fourth-order valence-corrected chi connectivity index (χ4v) is 2.47. The summed E-state index contributed by atoms with van der Waals surface area (Å²) in [7, 11) is 0. The Bertz CT molecular complexity index is 735. The molecule has 6 heteroatoms. The Morgan fingerprint density at radius 1 is 1.12 bits per heavy atom. The van der Waals surface area contributed by atoms with Crippen LogP contribution in [0, 0.1) is 12.7 Å². The Balaban J connectivity index is 1.93. The number of amides is 2. The molecule has 0 aliphatic carbocycles. The molecular formula is C19H21FN2O3. The van der Waals surface area contributed by atoms with Crippen molar-refractivity contribution in [3.05, 3.63) is 65.5 Å². The second kappa shape index (κ2) is 8.94. The molecule has 2 aromatic carbocycles. The van der Waals surface area contributed by atoms with Crippen LogP contribution in [0.25, 0.3) is 0 Å². The largest absolute Gasteiger partial charge is 0.396 e. The summed E-state index contributed by atoms with van der Waals surface area (Å²) in [6.07, 6.45) is 0.475. The van der Waals surface area contributed by atoms with E-state index in [2.05, 4.69) is 10.6 Å². The van der Waals surface area contributed by atoms with Crippen LogP contribution in [0.5, 0.6) is 0 Å². The number of hydrogen-bond acceptors (Lipinski definition) is 3. The molecule has 0 fully saturated rings. The number of halogens is 1. The van der Waals surface area contributed by atoms with Crippen molar-refractivity contribution in [2.24, 2.45) is 0 Å². The van der Waals surface area contributed by atoms with E-state index in [0.717, 1.165) is 5.56 Å². The van der Waals surface area contributed by atoms with Crippen molar-refractivity contribution in [2.45, 2.75) is 19.3 Å². The highest BCUT2D eigenvalue weighted by atomic mass is 19.1. The van der Waals surface area contributed by atoms with Gasteiger partial charge in [-0.2, -0.15) is 0 Å². The number of hydrogen-bond donors (Lipinski definition) is 3. The summed E-state index contributed by atoms with van der Waals surface area (Å²) in [5.41, 5.74) is 1.71. The number of benzene rings is 2. The molecule has 5 nitrogen and oxygen atoms in total. The Morgan fingerprint density at radius 2 is 1.84 bits per heavy atom. The zero-order valence-corrected chi connectivity index (χ0v) is 14.0. The van der Waals surface area contributed by atoms with Gasteiger partial charge in [0.15, 0.2) is 0 Å². The highest BCUT2D eigenvalue weighted by molar-refractivity contribution is 6.39. The van der Waals surface area contributed by atoms with Crippen LogP contribution in [-0.2, 0) is 9.59 Å². The first-order chi connectivity index (χ1) is 12.0. The van der Waals surface area contributed by atoms with E-state index in [1.165, 1.54) is 18.2 Å². The summed E-state index contributed by atoms with van der Waals surface area (Å²) in [4.78, 5) is 23.9. The summed E-state index contributed by atoms with van der Waals surface area (Å²) >= 11 is 0. The Hall–Kier alpha value is -2.73. The van der Waals surface area contributed by atoms with Crippen LogP contribution in [0.2, 0.25) is 0 Å². The SMILES string of the molecule is Cc1cc(NC(=O)C(=O)NCC(CCO)c2ccccc2)ccc1F. The fourth-order valence-electron chi connectivity index (χ4n) is 2.47. The lowest BCUT2D eigenvalue weighted by Gasteiger charge is -2.17. The molecule has 0 radical (unpaired) electrons. The minimum absolute atomic E-state index is 0.0174. The van der Waals surface area contributed by atoms with Crippen molar-refractivity contribution >= 4 is 17.5 Å². The average molecular weight is 344 g/mol. The Morgan fingerprint density at radius 3 is 2.48 bits per heavy atom. The van der Waals surface area contributed by atoms with Crippen LogP contribution in [0.1, 0.15) is 23.5 Å². The summed E-state index contributed by atoms with van der Waals surface area (Å²) in [5.74, 6) is -2.06. The maximum atomic E-state index is 13.2. The van der Waals surface area contributed by atoms with Gasteiger partial charge >= 0.3 is 11.8 Å². The predicted molar refractivity (Wildman–Crippen MR) is 93.7 cm³/mol. The molecule has 3 N–H and O–H groups in total. The number of carbonyl (C=O) groups excluding carboxylic acids is 2. The average Bonchev–Trinajstić information content (AvgIpc) is 2.62. The van der Waals surface area contributed by atoms with Crippen molar-refractivity contribution in [3.8, 4) is 0 Å². The monoisotopic (exact) mass is 344 g/mol. The molecule has 0 bridgehead atoms. The summed E-state index contributed by atoms with van der Waals surface area (Å²) < 4.78 is 13.2. The molecule has 0 saturated carbocycles. The normalized spacial score (nSPS) is 11.6. The van der Waals surface area contributed by atoms with E-state index in [1.807, 2.05) is 30.3 Å². The van der Waals surface area contributed by atoms with Crippen LogP contribution in [-0.4, -0.2) is 30.1 Å². The molecule has 0 aliphatic heterocycles. The van der Waals surface area contributed by atoms with Gasteiger partial charge in [0.2, 0.25) is 0 Å². The minimum Gasteiger partial charge on any atom is -0.396 e. The second-order valence-corrected chi connectivity index (χ2v) is 5.75. The molecule has 0 aliphatic rings. The van der Waals surface area contributed by atoms with Gasteiger partial charge in [0, 0.05) is 24.8 Å². The minimum atomic E-state index is -0.818. The van der Waals surface area contributed by atoms with E-state index in [1.54, 1.807) is 6.92 Å². The molecule has 1 atom stereocenters. The molecule has 1 unspecified atom stereocenters. The van der Waals surface area contributed by atoms with Crippen LogP contribution in [0.15, 0.2) is 48.5 Å². The maximum Gasteiger partial charge on any atom is 0.313 e.